The zero-order valence-electron chi connectivity index (χ0n) is 44.8. The second-order valence-electron chi connectivity index (χ2n) is 22.5. The number of pyridine rings is 1. The Morgan fingerprint density at radius 3 is 2.00 bits per heavy atom. The number of nitrogens with zero attached hydrogens (tertiary/aromatic N) is 1. The zero-order chi connectivity index (χ0) is 53.7. The van der Waals surface area contributed by atoms with E-state index in [0.29, 0.717) is 38.5 Å². The fourth-order valence-corrected chi connectivity index (χ4v) is 14.2. The summed E-state index contributed by atoms with van der Waals surface area (Å²) in [6, 6.07) is 12.5. The van der Waals surface area contributed by atoms with Crippen molar-refractivity contribution in [3.8, 4) is 0 Å². The molecule has 4 N–H and O–H groups in total. The summed E-state index contributed by atoms with van der Waals surface area (Å²) in [4.78, 5) is 31.4. The van der Waals surface area contributed by atoms with E-state index < -0.39 is 125 Å². The fourth-order valence-electron chi connectivity index (χ4n) is 14.2. The summed E-state index contributed by atoms with van der Waals surface area (Å²) >= 11 is 0. The van der Waals surface area contributed by atoms with Gasteiger partial charge in [-0.15, -0.1) is 0 Å². The van der Waals surface area contributed by atoms with Crippen LogP contribution in [0.5, 0.6) is 0 Å². The number of hydrogen-bond donors (Lipinski definition) is 4. The van der Waals surface area contributed by atoms with E-state index in [-0.39, 0.29) is 43.5 Å². The van der Waals surface area contributed by atoms with Gasteiger partial charge in [-0.05, 0) is 102 Å². The standard InChI is InChI=1S/C57H79NO17/c1-32-49(60)40(65-7)27-47(68-32)74-51-34(3)70-48(29-42(51)67-9)75-50-33(2)69-46(28-41(50)66-8)72-39-20-21-53(5)38(26-39)19-22-56(63)43(53)30-44(73-45(59)18-17-36-14-11-10-12-15-36)54(6)55(62,23-24-57(54,56)64)35(4)71-52(61)37-16-13-25-58-31-37/h10-19,25,31-35,39-44,46-51,60,62-64H,20-24,26-30H2,1-9H3/t32-,33-,34-,35+,39+,40-,41+,42+,43-,44-,46+,47+,48+,49-,50-,51-,53+,54-,55-,56+,57-/m1/s1. The Labute approximate surface area is 440 Å². The quantitative estimate of drug-likeness (QED) is 0.0945. The highest BCUT2D eigenvalue weighted by molar-refractivity contribution is 5.89. The van der Waals surface area contributed by atoms with Gasteiger partial charge in [-0.3, -0.25) is 4.98 Å². The maximum atomic E-state index is 13.9. The van der Waals surface area contributed by atoms with E-state index in [1.54, 1.807) is 60.3 Å². The van der Waals surface area contributed by atoms with Crippen molar-refractivity contribution in [2.24, 2.45) is 16.7 Å². The number of methoxy groups -OCH3 is 3. The lowest BCUT2D eigenvalue weighted by atomic mass is 9.42. The average molecular weight is 1050 g/mol. The predicted molar refractivity (Wildman–Crippen MR) is 269 cm³/mol. The van der Waals surface area contributed by atoms with Gasteiger partial charge in [0, 0.05) is 65.0 Å². The van der Waals surface area contributed by atoms with Crippen LogP contribution in [0.4, 0.5) is 0 Å². The summed E-state index contributed by atoms with van der Waals surface area (Å²) in [6.45, 7) is 11.0. The second-order valence-corrected chi connectivity index (χ2v) is 22.5. The van der Waals surface area contributed by atoms with Gasteiger partial charge in [0.25, 0.3) is 0 Å². The van der Waals surface area contributed by atoms with Crippen LogP contribution in [-0.2, 0) is 56.9 Å². The Hall–Kier alpha value is -3.73. The first kappa shape index (κ1) is 56.0. The Morgan fingerprint density at radius 1 is 0.773 bits per heavy atom. The van der Waals surface area contributed by atoms with Gasteiger partial charge in [0.05, 0.1) is 53.7 Å². The molecule has 0 amide bonds. The van der Waals surface area contributed by atoms with Crippen LogP contribution in [0.2, 0.25) is 0 Å². The normalized spacial score (nSPS) is 44.2. The van der Waals surface area contributed by atoms with Gasteiger partial charge in [-0.2, -0.15) is 0 Å². The molecule has 4 heterocycles. The number of rotatable bonds is 15. The maximum Gasteiger partial charge on any atom is 0.340 e. The molecule has 3 saturated carbocycles. The molecule has 0 radical (unpaired) electrons. The summed E-state index contributed by atoms with van der Waals surface area (Å²) in [5.74, 6) is -1.99. The minimum atomic E-state index is -2.00. The largest absolute Gasteiger partial charge is 0.458 e. The Balaban J connectivity index is 0.881. The third-order valence-electron chi connectivity index (χ3n) is 18.7. The van der Waals surface area contributed by atoms with Crippen LogP contribution in [-0.4, -0.2) is 168 Å². The number of aliphatic hydroxyl groups is 4. The van der Waals surface area contributed by atoms with Gasteiger partial charge in [0.2, 0.25) is 0 Å². The summed E-state index contributed by atoms with van der Waals surface area (Å²) in [5.41, 5.74) is -6.05. The molecule has 7 aliphatic rings. The SMILES string of the molecule is CO[C@H]1C[C@H](O[C@H]2CC[C@@]3(C)C(=CC[C@]4(O)[C@@H]3C[C@@H](OC(=O)C=Cc3ccccc3)[C@@]3(C)[C@]4(O)CC[C@@]3(O)[C@H](C)OC(=O)c3cccnc3)C2)O[C@H](C)[C@H]1O[C@H]1C[C@H](OC)[C@H](O[C@H]2C[C@@H](OC)[C@H](O)[C@@H](C)O2)[C@@H](C)O1. The molecule has 0 spiro atoms. The third-order valence-corrected chi connectivity index (χ3v) is 18.7. The minimum Gasteiger partial charge on any atom is -0.458 e. The highest BCUT2D eigenvalue weighted by atomic mass is 16.7. The van der Waals surface area contributed by atoms with Crippen LogP contribution in [0, 0.1) is 16.7 Å². The van der Waals surface area contributed by atoms with E-state index in [4.69, 9.17) is 52.1 Å². The van der Waals surface area contributed by atoms with Crippen molar-refractivity contribution < 1.29 is 82.1 Å². The highest BCUT2D eigenvalue weighted by Crippen LogP contribution is 2.71. The van der Waals surface area contributed by atoms with Crippen LogP contribution in [0.25, 0.3) is 6.08 Å². The van der Waals surface area contributed by atoms with Crippen LogP contribution in [0.15, 0.2) is 72.6 Å². The lowest BCUT2D eigenvalue weighted by Crippen LogP contribution is -2.78. The number of ether oxygens (including phenoxy) is 11. The highest BCUT2D eigenvalue weighted by Gasteiger charge is 2.81. The molecule has 6 fully saturated rings. The first-order chi connectivity index (χ1) is 35.7. The summed E-state index contributed by atoms with van der Waals surface area (Å²) in [6.07, 6.45) is 2.13. The van der Waals surface area contributed by atoms with Crippen LogP contribution < -0.4 is 0 Å². The van der Waals surface area contributed by atoms with Crippen molar-refractivity contribution in [1.29, 1.82) is 0 Å². The smallest absolute Gasteiger partial charge is 0.340 e. The minimum absolute atomic E-state index is 0.0452. The second kappa shape index (κ2) is 22.2. The number of aliphatic hydroxyl groups excluding tert-OH is 1. The summed E-state index contributed by atoms with van der Waals surface area (Å²) in [7, 11) is 4.84. The number of benzene rings is 1. The fraction of sp³-hybridized carbons (Fsp3) is 0.702. The van der Waals surface area contributed by atoms with Gasteiger partial charge in [0.15, 0.2) is 18.9 Å². The molecule has 75 heavy (non-hydrogen) atoms. The van der Waals surface area contributed by atoms with E-state index in [2.05, 4.69) is 11.9 Å². The van der Waals surface area contributed by atoms with Crippen molar-refractivity contribution in [2.45, 2.75) is 215 Å². The van der Waals surface area contributed by atoms with Crippen molar-refractivity contribution in [3.63, 3.8) is 0 Å². The lowest BCUT2D eigenvalue weighted by Gasteiger charge is -2.67. The molecule has 3 aliphatic heterocycles. The van der Waals surface area contributed by atoms with E-state index in [1.165, 1.54) is 18.5 Å². The number of esters is 2. The molecule has 0 unspecified atom stereocenters. The molecule has 414 valence electrons. The first-order valence-electron chi connectivity index (χ1n) is 26.8. The molecule has 9 rings (SSSR count). The van der Waals surface area contributed by atoms with Crippen molar-refractivity contribution in [2.75, 3.05) is 21.3 Å². The maximum absolute atomic E-state index is 13.9. The van der Waals surface area contributed by atoms with Crippen LogP contribution in [0.3, 0.4) is 0 Å². The van der Waals surface area contributed by atoms with E-state index in [0.717, 1.165) is 11.1 Å². The monoisotopic (exact) mass is 1050 g/mol. The molecule has 1 aromatic carbocycles. The summed E-state index contributed by atoms with van der Waals surface area (Å²) < 4.78 is 68.6. The van der Waals surface area contributed by atoms with E-state index >= 15 is 0 Å². The van der Waals surface area contributed by atoms with Crippen LogP contribution >= 0.6 is 0 Å². The number of carbonyl (C=O) groups excluding carboxylic acids is 2. The Kier molecular flexibility index (Phi) is 16.6. The lowest BCUT2D eigenvalue weighted by molar-refractivity contribution is -0.339. The van der Waals surface area contributed by atoms with Gasteiger partial charge in [-0.25, -0.2) is 9.59 Å². The van der Waals surface area contributed by atoms with Crippen LogP contribution in [0.1, 0.15) is 122 Å². The van der Waals surface area contributed by atoms with Gasteiger partial charge < -0.3 is 72.5 Å². The molecule has 18 nitrogen and oxygen atoms in total. The molecular weight excluding hydrogens is 971 g/mol. The number of carbonyl (C=O) groups is 2. The molecule has 1 aromatic heterocycles. The Bertz CT molecular complexity index is 2360. The molecule has 18 heteroatoms. The van der Waals surface area contributed by atoms with E-state index in [1.807, 2.05) is 50.3 Å². The zero-order valence-corrected chi connectivity index (χ0v) is 44.8. The molecule has 0 bridgehead atoms. The molecule has 3 saturated heterocycles. The number of hydrogen-bond acceptors (Lipinski definition) is 18. The summed E-state index contributed by atoms with van der Waals surface area (Å²) in [5, 5.41) is 50.1. The third kappa shape index (κ3) is 10.2. The van der Waals surface area contributed by atoms with Crippen molar-refractivity contribution >= 4 is 18.0 Å². The predicted octanol–water partition coefficient (Wildman–Crippen LogP) is 5.75. The molecular formula is C57H79NO17. The van der Waals surface area contributed by atoms with Crippen molar-refractivity contribution in [1.82, 2.24) is 4.98 Å². The number of aromatic nitrogens is 1. The molecule has 2 aromatic rings. The first-order valence-corrected chi connectivity index (χ1v) is 26.8. The number of fused-ring (bicyclic) bond motifs is 5. The average Bonchev–Trinajstić information content (AvgIpc) is 3.79. The van der Waals surface area contributed by atoms with Crippen molar-refractivity contribution in [3.05, 3.63) is 83.7 Å². The Morgan fingerprint density at radius 2 is 1.39 bits per heavy atom. The van der Waals surface area contributed by atoms with Gasteiger partial charge in [-0.1, -0.05) is 55.8 Å². The van der Waals surface area contributed by atoms with E-state index in [9.17, 15) is 30.0 Å². The van der Waals surface area contributed by atoms with Gasteiger partial charge in [0.1, 0.15) is 47.3 Å². The molecule has 4 aliphatic carbocycles. The topological polar surface area (TPSA) is 229 Å². The molecule has 21 atom stereocenters. The van der Waals surface area contributed by atoms with Gasteiger partial charge >= 0.3 is 11.9 Å².